The minimum absolute atomic E-state index is 0.317. The van der Waals surface area contributed by atoms with Gasteiger partial charge in [-0.2, -0.15) is 5.10 Å². The first-order chi connectivity index (χ1) is 12.1. The van der Waals surface area contributed by atoms with Crippen LogP contribution in [-0.2, 0) is 0 Å². The number of nitrogens with two attached hydrogens (primary N) is 1. The third-order valence-electron chi connectivity index (χ3n) is 4.47. The number of carbonyl (C=O) groups excluding carboxylic acids is 1. The van der Waals surface area contributed by atoms with Crippen LogP contribution in [0, 0.1) is 5.92 Å². The highest BCUT2D eigenvalue weighted by Gasteiger charge is 2.15. The fraction of sp³-hybridized carbons (Fsp3) is 0.316. The third kappa shape index (κ3) is 4.56. The van der Waals surface area contributed by atoms with Crippen LogP contribution in [0.4, 0.5) is 11.5 Å². The fourth-order valence-electron chi connectivity index (χ4n) is 2.81. The number of carbonyl (C=O) groups is 1. The topological polar surface area (TPSA) is 83.6 Å². The average molecular weight is 337 g/mol. The fourth-order valence-corrected chi connectivity index (χ4v) is 2.81. The average Bonchev–Trinajstić information content (AvgIpc) is 2.63. The second kappa shape index (κ2) is 7.79. The molecule has 1 saturated heterocycles. The zero-order valence-corrected chi connectivity index (χ0v) is 14.4. The predicted octanol–water partition coefficient (Wildman–Crippen LogP) is 2.66. The molecule has 1 aliphatic rings. The van der Waals surface area contributed by atoms with Crippen molar-refractivity contribution in [3.05, 3.63) is 53.7 Å². The van der Waals surface area contributed by atoms with Gasteiger partial charge in [-0.1, -0.05) is 19.1 Å². The van der Waals surface area contributed by atoms with Gasteiger partial charge in [-0.25, -0.2) is 10.4 Å². The van der Waals surface area contributed by atoms with Crippen molar-refractivity contribution in [3.63, 3.8) is 0 Å². The number of hydrogen-bond donors (Lipinski definition) is 2. The van der Waals surface area contributed by atoms with E-state index in [-0.39, 0.29) is 5.91 Å². The van der Waals surface area contributed by atoms with Gasteiger partial charge in [0, 0.05) is 25.0 Å². The molecule has 0 unspecified atom stereocenters. The monoisotopic (exact) mass is 337 g/mol. The zero-order chi connectivity index (χ0) is 17.6. The Labute approximate surface area is 147 Å². The van der Waals surface area contributed by atoms with E-state index in [9.17, 15) is 4.79 Å². The lowest BCUT2D eigenvalue weighted by Crippen LogP contribution is -2.32. The van der Waals surface area contributed by atoms with Crippen molar-refractivity contribution >= 4 is 23.6 Å². The maximum absolute atomic E-state index is 11.9. The van der Waals surface area contributed by atoms with Gasteiger partial charge in [0.25, 0.3) is 5.91 Å². The molecule has 3 N–H and O–H groups in total. The number of pyridine rings is 1. The van der Waals surface area contributed by atoms with Crippen LogP contribution < -0.4 is 16.1 Å². The number of hydrogen-bond acceptors (Lipinski definition) is 5. The maximum atomic E-state index is 11.9. The standard InChI is InChI=1S/C19H23N5O/c1-14-8-10-24(11-9-14)17-5-2-15(3-6-17)12-22-23-19(25)16-4-7-18(20)21-13-16/h2-7,12-14H,8-11H2,1H3,(H2,20,21)(H,23,25)/b22-12+. The van der Waals surface area contributed by atoms with Gasteiger partial charge in [-0.3, -0.25) is 4.79 Å². The molecule has 3 rings (SSSR count). The summed E-state index contributed by atoms with van der Waals surface area (Å²) in [5.74, 6) is 0.883. The number of nitrogens with one attached hydrogen (secondary N) is 1. The van der Waals surface area contributed by atoms with Gasteiger partial charge in [0.1, 0.15) is 5.82 Å². The minimum atomic E-state index is -0.317. The molecule has 1 aliphatic heterocycles. The van der Waals surface area contributed by atoms with Crippen molar-refractivity contribution in [2.75, 3.05) is 23.7 Å². The van der Waals surface area contributed by atoms with E-state index in [1.807, 2.05) is 12.1 Å². The second-order valence-corrected chi connectivity index (χ2v) is 6.43. The van der Waals surface area contributed by atoms with Crippen molar-refractivity contribution in [2.24, 2.45) is 11.0 Å². The molecule has 1 fully saturated rings. The van der Waals surface area contributed by atoms with E-state index >= 15 is 0 Å². The minimum Gasteiger partial charge on any atom is -0.384 e. The SMILES string of the molecule is CC1CCN(c2ccc(/C=N/NC(=O)c3ccc(N)nc3)cc2)CC1. The molecule has 2 heterocycles. The van der Waals surface area contributed by atoms with E-state index in [4.69, 9.17) is 5.73 Å². The highest BCUT2D eigenvalue weighted by Crippen LogP contribution is 2.22. The summed E-state index contributed by atoms with van der Waals surface area (Å²) in [7, 11) is 0. The number of nitrogens with zero attached hydrogens (tertiary/aromatic N) is 3. The summed E-state index contributed by atoms with van der Waals surface area (Å²) in [6.07, 6.45) is 5.55. The summed E-state index contributed by atoms with van der Waals surface area (Å²) in [6, 6.07) is 11.4. The van der Waals surface area contributed by atoms with Gasteiger partial charge in [0.2, 0.25) is 0 Å². The van der Waals surface area contributed by atoms with Crippen LogP contribution in [-0.4, -0.2) is 30.2 Å². The third-order valence-corrected chi connectivity index (χ3v) is 4.47. The number of aromatic nitrogens is 1. The lowest BCUT2D eigenvalue weighted by atomic mass is 9.99. The first-order valence-corrected chi connectivity index (χ1v) is 8.52. The van der Waals surface area contributed by atoms with E-state index in [1.54, 1.807) is 18.3 Å². The summed E-state index contributed by atoms with van der Waals surface area (Å²) in [6.45, 7) is 4.53. The van der Waals surface area contributed by atoms with E-state index < -0.39 is 0 Å². The van der Waals surface area contributed by atoms with Crippen LogP contribution in [0.25, 0.3) is 0 Å². The molecule has 25 heavy (non-hydrogen) atoms. The number of hydrazone groups is 1. The van der Waals surface area contributed by atoms with Crippen LogP contribution in [0.2, 0.25) is 0 Å². The zero-order valence-electron chi connectivity index (χ0n) is 14.4. The molecular weight excluding hydrogens is 314 g/mol. The van der Waals surface area contributed by atoms with Gasteiger partial charge in [0.05, 0.1) is 11.8 Å². The van der Waals surface area contributed by atoms with Crippen LogP contribution >= 0.6 is 0 Å². The molecule has 0 bridgehead atoms. The van der Waals surface area contributed by atoms with Crippen LogP contribution in [0.1, 0.15) is 35.7 Å². The van der Waals surface area contributed by atoms with Gasteiger partial charge in [-0.05, 0) is 48.6 Å². The summed E-state index contributed by atoms with van der Waals surface area (Å²) in [5, 5.41) is 4.00. The Morgan fingerprint density at radius 1 is 1.24 bits per heavy atom. The molecule has 0 spiro atoms. The molecule has 6 heteroatoms. The van der Waals surface area contributed by atoms with Gasteiger partial charge in [0.15, 0.2) is 0 Å². The van der Waals surface area contributed by atoms with Crippen molar-refractivity contribution in [1.29, 1.82) is 0 Å². The molecule has 2 aromatic rings. The first kappa shape index (κ1) is 17.0. The number of benzene rings is 1. The largest absolute Gasteiger partial charge is 0.384 e. The molecule has 0 atom stereocenters. The molecule has 1 aromatic carbocycles. The van der Waals surface area contributed by atoms with Crippen LogP contribution in [0.15, 0.2) is 47.7 Å². The van der Waals surface area contributed by atoms with E-state index in [2.05, 4.69) is 39.5 Å². The lowest BCUT2D eigenvalue weighted by molar-refractivity contribution is 0.0955. The number of nitrogen functional groups attached to an aromatic ring is 1. The highest BCUT2D eigenvalue weighted by molar-refractivity contribution is 5.94. The molecule has 0 aliphatic carbocycles. The Morgan fingerprint density at radius 2 is 1.96 bits per heavy atom. The van der Waals surface area contributed by atoms with E-state index in [0.29, 0.717) is 11.4 Å². The van der Waals surface area contributed by atoms with Gasteiger partial charge < -0.3 is 10.6 Å². The van der Waals surface area contributed by atoms with Crippen LogP contribution in [0.3, 0.4) is 0 Å². The van der Waals surface area contributed by atoms with Crippen molar-refractivity contribution < 1.29 is 4.79 Å². The molecule has 1 aromatic heterocycles. The lowest BCUT2D eigenvalue weighted by Gasteiger charge is -2.32. The Kier molecular flexibility index (Phi) is 5.28. The Bertz CT molecular complexity index is 731. The number of amides is 1. The van der Waals surface area contributed by atoms with Crippen molar-refractivity contribution in [1.82, 2.24) is 10.4 Å². The molecule has 6 nitrogen and oxygen atoms in total. The summed E-state index contributed by atoms with van der Waals surface area (Å²) < 4.78 is 0. The maximum Gasteiger partial charge on any atom is 0.272 e. The summed E-state index contributed by atoms with van der Waals surface area (Å²) in [4.78, 5) is 18.2. The Hall–Kier alpha value is -2.89. The smallest absolute Gasteiger partial charge is 0.272 e. The number of rotatable bonds is 4. The molecular formula is C19H23N5O. The van der Waals surface area contributed by atoms with E-state index in [0.717, 1.165) is 24.6 Å². The summed E-state index contributed by atoms with van der Waals surface area (Å²) >= 11 is 0. The number of anilines is 2. The van der Waals surface area contributed by atoms with Gasteiger partial charge in [-0.15, -0.1) is 0 Å². The van der Waals surface area contributed by atoms with E-state index in [1.165, 1.54) is 24.7 Å². The molecule has 0 saturated carbocycles. The summed E-state index contributed by atoms with van der Waals surface area (Å²) in [5.41, 5.74) is 10.6. The normalized spacial score (nSPS) is 15.5. The van der Waals surface area contributed by atoms with Crippen molar-refractivity contribution in [2.45, 2.75) is 19.8 Å². The van der Waals surface area contributed by atoms with Gasteiger partial charge >= 0.3 is 0 Å². The molecule has 0 radical (unpaired) electrons. The molecule has 130 valence electrons. The van der Waals surface area contributed by atoms with Crippen molar-refractivity contribution in [3.8, 4) is 0 Å². The highest BCUT2D eigenvalue weighted by atomic mass is 16.2. The Morgan fingerprint density at radius 3 is 2.60 bits per heavy atom. The molecule has 1 amide bonds. The Balaban J connectivity index is 1.55. The first-order valence-electron chi connectivity index (χ1n) is 8.52. The van der Waals surface area contributed by atoms with Crippen LogP contribution in [0.5, 0.6) is 0 Å². The quantitative estimate of drug-likeness (QED) is 0.664. The number of piperidine rings is 1. The second-order valence-electron chi connectivity index (χ2n) is 6.43. The predicted molar refractivity (Wildman–Crippen MR) is 101 cm³/mol.